The molecule has 0 N–H and O–H groups in total. The maximum Gasteiger partial charge on any atom is 0.161 e. The van der Waals surface area contributed by atoms with Crippen LogP contribution in [0.3, 0.4) is 0 Å². The van der Waals surface area contributed by atoms with Crippen LogP contribution < -0.4 is 0 Å². The molecule has 7 aromatic carbocycles. The minimum absolute atomic E-state index is 0.881. The Morgan fingerprint density at radius 3 is 1.74 bits per heavy atom. The first kappa shape index (κ1) is 26.0. The van der Waals surface area contributed by atoms with E-state index < -0.39 is 0 Å². The van der Waals surface area contributed by atoms with Gasteiger partial charge in [0.2, 0.25) is 0 Å². The van der Waals surface area contributed by atoms with Gasteiger partial charge in [0.25, 0.3) is 0 Å². The zero-order valence-electron chi connectivity index (χ0n) is 25.4. The molecule has 0 aliphatic heterocycles. The first-order chi connectivity index (χ1) is 23.3. The minimum Gasteiger partial charge on any atom is -0.455 e. The fraction of sp³-hybridized carbons (Fsp3) is 0. The molecule has 0 unspecified atom stereocenters. The van der Waals surface area contributed by atoms with Gasteiger partial charge in [0.1, 0.15) is 22.3 Å². The largest absolute Gasteiger partial charge is 0.455 e. The lowest BCUT2D eigenvalue weighted by Gasteiger charge is -2.09. The monoisotopic (exact) mass is 601 g/mol. The highest BCUT2D eigenvalue weighted by molar-refractivity contribution is 6.17. The normalized spacial score (nSPS) is 11.8. The van der Waals surface area contributed by atoms with Crippen molar-refractivity contribution >= 4 is 54.9 Å². The molecule has 10 aromatic rings. The lowest BCUT2D eigenvalue weighted by Crippen LogP contribution is -1.92. The zero-order chi connectivity index (χ0) is 30.9. The molecule has 3 nitrogen and oxygen atoms in total. The molecule has 0 radical (unpaired) electrons. The van der Waals surface area contributed by atoms with Gasteiger partial charge >= 0.3 is 0 Å². The predicted molar refractivity (Wildman–Crippen MR) is 194 cm³/mol. The van der Waals surface area contributed by atoms with Crippen LogP contribution in [0.4, 0.5) is 0 Å². The maximum absolute atomic E-state index is 6.73. The summed E-state index contributed by atoms with van der Waals surface area (Å²) in [7, 11) is 0. The predicted octanol–water partition coefficient (Wildman–Crippen LogP) is 12.4. The molecule has 0 aliphatic carbocycles. The number of fused-ring (bicyclic) bond motifs is 8. The number of nitrogens with zero attached hydrogens (tertiary/aromatic N) is 1. The van der Waals surface area contributed by atoms with Gasteiger partial charge < -0.3 is 13.4 Å². The summed E-state index contributed by atoms with van der Waals surface area (Å²) in [6.07, 6.45) is 0. The van der Waals surface area contributed by atoms with Gasteiger partial charge in [0.05, 0.1) is 5.52 Å². The van der Waals surface area contributed by atoms with Crippen LogP contribution >= 0.6 is 0 Å². The Morgan fingerprint density at radius 2 is 0.957 bits per heavy atom. The quantitative estimate of drug-likeness (QED) is 0.201. The average Bonchev–Trinajstić information content (AvgIpc) is 3.81. The molecule has 3 heterocycles. The average molecular weight is 602 g/mol. The van der Waals surface area contributed by atoms with Crippen LogP contribution in [-0.2, 0) is 0 Å². The highest BCUT2D eigenvalue weighted by Gasteiger charge is 2.20. The molecule has 0 spiro atoms. The molecule has 3 heteroatoms. The smallest absolute Gasteiger partial charge is 0.161 e. The van der Waals surface area contributed by atoms with Crippen LogP contribution in [0.25, 0.3) is 94.0 Å². The Kier molecular flexibility index (Phi) is 5.57. The van der Waals surface area contributed by atoms with Crippen molar-refractivity contribution in [3.05, 3.63) is 164 Å². The molecule has 0 bridgehead atoms. The Balaban J connectivity index is 1.15. The lowest BCUT2D eigenvalue weighted by molar-refractivity contribution is 0.671. The molecule has 3 aromatic heterocycles. The van der Waals surface area contributed by atoms with Crippen LogP contribution in [0.5, 0.6) is 0 Å². The molecule has 0 fully saturated rings. The SMILES string of the molecule is c1ccc(-c2cccc3c2oc2c(-c4cccc(-c5ccc6oc7c8ccccc8n(-c8ccccc8)c7c6c5)c4)cccc23)cc1. The highest BCUT2D eigenvalue weighted by atomic mass is 16.3. The highest BCUT2D eigenvalue weighted by Crippen LogP contribution is 2.42. The van der Waals surface area contributed by atoms with E-state index in [1.54, 1.807) is 0 Å². The van der Waals surface area contributed by atoms with Gasteiger partial charge in [0, 0.05) is 38.4 Å². The van der Waals surface area contributed by atoms with Crippen molar-refractivity contribution in [3.8, 4) is 39.1 Å². The van der Waals surface area contributed by atoms with Gasteiger partial charge in [-0.3, -0.25) is 0 Å². The van der Waals surface area contributed by atoms with E-state index in [1.807, 2.05) is 6.07 Å². The second-order valence-electron chi connectivity index (χ2n) is 12.1. The third-order valence-corrected chi connectivity index (χ3v) is 9.41. The lowest BCUT2D eigenvalue weighted by atomic mass is 9.97. The van der Waals surface area contributed by atoms with Gasteiger partial charge in [-0.1, -0.05) is 121 Å². The number of rotatable bonds is 4. The van der Waals surface area contributed by atoms with Gasteiger partial charge in [-0.15, -0.1) is 0 Å². The van der Waals surface area contributed by atoms with E-state index in [2.05, 4.69) is 162 Å². The van der Waals surface area contributed by atoms with E-state index in [4.69, 9.17) is 8.83 Å². The van der Waals surface area contributed by atoms with E-state index in [9.17, 15) is 0 Å². The molecular weight excluding hydrogens is 574 g/mol. The van der Waals surface area contributed by atoms with E-state index >= 15 is 0 Å². The first-order valence-electron chi connectivity index (χ1n) is 15.9. The Hall–Kier alpha value is -6.32. The second kappa shape index (κ2) is 10.1. The molecular formula is C44H27NO2. The van der Waals surface area contributed by atoms with E-state index in [0.717, 1.165) is 94.0 Å². The van der Waals surface area contributed by atoms with Gasteiger partial charge in [0.15, 0.2) is 5.58 Å². The summed E-state index contributed by atoms with van der Waals surface area (Å²) < 4.78 is 15.6. The van der Waals surface area contributed by atoms with Crippen LogP contribution in [-0.4, -0.2) is 4.57 Å². The fourth-order valence-electron chi connectivity index (χ4n) is 7.25. The van der Waals surface area contributed by atoms with Crippen molar-refractivity contribution in [1.82, 2.24) is 4.57 Å². The van der Waals surface area contributed by atoms with E-state index in [-0.39, 0.29) is 0 Å². The summed E-state index contributed by atoms with van der Waals surface area (Å²) in [6, 6.07) is 57.6. The van der Waals surface area contributed by atoms with Crippen molar-refractivity contribution in [2.24, 2.45) is 0 Å². The Bertz CT molecular complexity index is 2780. The number of hydrogen-bond acceptors (Lipinski definition) is 2. The van der Waals surface area contributed by atoms with Gasteiger partial charge in [-0.25, -0.2) is 0 Å². The Morgan fingerprint density at radius 1 is 0.362 bits per heavy atom. The molecule has 0 saturated heterocycles. The fourth-order valence-corrected chi connectivity index (χ4v) is 7.25. The third kappa shape index (κ3) is 3.93. The number of aromatic nitrogens is 1. The number of para-hydroxylation sites is 4. The summed E-state index contributed by atoms with van der Waals surface area (Å²) in [5.41, 5.74) is 13.7. The standard InChI is InChI=1S/C44H27NO2/c1-3-12-28(13-4-1)33-19-10-21-35-36-22-11-20-34(43(36)47-42(33)35)31-15-9-14-29(26-31)30-24-25-40-38(27-30)41-44(46-40)37-18-7-8-23-39(37)45(41)32-16-5-2-6-17-32/h1-27H. The van der Waals surface area contributed by atoms with E-state index in [0.29, 0.717) is 0 Å². The minimum atomic E-state index is 0.881. The van der Waals surface area contributed by atoms with E-state index in [1.165, 1.54) is 0 Å². The Labute approximate surface area is 270 Å². The van der Waals surface area contributed by atoms with Crippen molar-refractivity contribution < 1.29 is 8.83 Å². The summed E-state index contributed by atoms with van der Waals surface area (Å²) >= 11 is 0. The summed E-state index contributed by atoms with van der Waals surface area (Å²) in [4.78, 5) is 0. The van der Waals surface area contributed by atoms with Gasteiger partial charge in [-0.05, 0) is 64.7 Å². The third-order valence-electron chi connectivity index (χ3n) is 9.41. The molecule has 10 rings (SSSR count). The molecule has 0 amide bonds. The molecule has 0 saturated carbocycles. The summed E-state index contributed by atoms with van der Waals surface area (Å²) in [5.74, 6) is 0. The van der Waals surface area contributed by atoms with Crippen molar-refractivity contribution in [2.45, 2.75) is 0 Å². The van der Waals surface area contributed by atoms with Crippen LogP contribution in [0.1, 0.15) is 0 Å². The van der Waals surface area contributed by atoms with Crippen molar-refractivity contribution in [3.63, 3.8) is 0 Å². The maximum atomic E-state index is 6.73. The molecule has 220 valence electrons. The second-order valence-corrected chi connectivity index (χ2v) is 12.1. The topological polar surface area (TPSA) is 31.2 Å². The molecule has 0 atom stereocenters. The van der Waals surface area contributed by atoms with Crippen LogP contribution in [0.2, 0.25) is 0 Å². The summed E-state index contributed by atoms with van der Waals surface area (Å²) in [5, 5.41) is 4.45. The summed E-state index contributed by atoms with van der Waals surface area (Å²) in [6.45, 7) is 0. The van der Waals surface area contributed by atoms with Crippen LogP contribution in [0.15, 0.2) is 173 Å². The van der Waals surface area contributed by atoms with Crippen molar-refractivity contribution in [2.75, 3.05) is 0 Å². The number of furan rings is 2. The van der Waals surface area contributed by atoms with Gasteiger partial charge in [-0.2, -0.15) is 0 Å². The number of benzene rings is 7. The molecule has 0 aliphatic rings. The first-order valence-corrected chi connectivity index (χ1v) is 15.9. The number of hydrogen-bond donors (Lipinski definition) is 0. The van der Waals surface area contributed by atoms with Crippen molar-refractivity contribution in [1.29, 1.82) is 0 Å². The van der Waals surface area contributed by atoms with Crippen LogP contribution in [0, 0.1) is 0 Å². The molecule has 47 heavy (non-hydrogen) atoms. The zero-order valence-corrected chi connectivity index (χ0v) is 25.4.